The van der Waals surface area contributed by atoms with Gasteiger partial charge in [0.15, 0.2) is 0 Å². The molecule has 0 radical (unpaired) electrons. The predicted molar refractivity (Wildman–Crippen MR) is 164 cm³/mol. The van der Waals surface area contributed by atoms with Crippen molar-refractivity contribution in [3.8, 4) is 11.5 Å². The molecule has 240 valence electrons. The van der Waals surface area contributed by atoms with E-state index in [4.69, 9.17) is 14.2 Å². The summed E-state index contributed by atoms with van der Waals surface area (Å²) >= 11 is 0. The first-order valence-corrected chi connectivity index (χ1v) is 14.8. The lowest BCUT2D eigenvalue weighted by Gasteiger charge is -2.41. The SMILES string of the molecule is COCCn1cccc(N2C[C@@H](c3c(F)cc(OC)cc3F)[C@H](NC(=O)NC3CCc4cc(OC)ccc4C3(C)C)C2=O)c1=O. The first-order chi connectivity index (χ1) is 21.5. The van der Waals surface area contributed by atoms with Gasteiger partial charge in [0.2, 0.25) is 0 Å². The van der Waals surface area contributed by atoms with E-state index in [0.717, 1.165) is 29.0 Å². The van der Waals surface area contributed by atoms with Crippen LogP contribution in [0, 0.1) is 11.6 Å². The van der Waals surface area contributed by atoms with Crippen LogP contribution in [0.2, 0.25) is 0 Å². The average Bonchev–Trinajstić information content (AvgIpc) is 3.31. The molecular weight excluding hydrogens is 586 g/mol. The van der Waals surface area contributed by atoms with Gasteiger partial charge in [0.05, 0.1) is 20.8 Å². The fourth-order valence-corrected chi connectivity index (χ4v) is 6.47. The third kappa shape index (κ3) is 6.11. The van der Waals surface area contributed by atoms with Crippen molar-refractivity contribution in [1.29, 1.82) is 0 Å². The summed E-state index contributed by atoms with van der Waals surface area (Å²) < 4.78 is 47.6. The Balaban J connectivity index is 1.45. The third-order valence-electron chi connectivity index (χ3n) is 8.97. The van der Waals surface area contributed by atoms with Crippen molar-refractivity contribution in [2.24, 2.45) is 0 Å². The Kier molecular flexibility index (Phi) is 9.15. The maximum Gasteiger partial charge on any atom is 0.315 e. The number of hydrogen-bond acceptors (Lipinski definition) is 6. The second-order valence-corrected chi connectivity index (χ2v) is 11.9. The van der Waals surface area contributed by atoms with Crippen molar-refractivity contribution in [2.45, 2.75) is 56.7 Å². The minimum atomic E-state index is -1.36. The van der Waals surface area contributed by atoms with Gasteiger partial charge in [0, 0.05) is 61.5 Å². The van der Waals surface area contributed by atoms with Gasteiger partial charge in [-0.15, -0.1) is 0 Å². The summed E-state index contributed by atoms with van der Waals surface area (Å²) in [6.07, 6.45) is 2.89. The van der Waals surface area contributed by atoms with E-state index in [2.05, 4.69) is 10.6 Å². The van der Waals surface area contributed by atoms with Crippen LogP contribution in [0.5, 0.6) is 11.5 Å². The normalized spacial score (nSPS) is 20.5. The number of amides is 3. The molecule has 1 aromatic heterocycles. The van der Waals surface area contributed by atoms with Crippen LogP contribution in [0.1, 0.15) is 42.9 Å². The maximum absolute atomic E-state index is 15.4. The number of benzene rings is 2. The van der Waals surface area contributed by atoms with E-state index >= 15 is 8.78 Å². The monoisotopic (exact) mass is 624 g/mol. The number of urea groups is 1. The second-order valence-electron chi connectivity index (χ2n) is 11.9. The Morgan fingerprint density at radius 3 is 2.38 bits per heavy atom. The Morgan fingerprint density at radius 1 is 1.00 bits per heavy atom. The molecule has 1 saturated heterocycles. The predicted octanol–water partition coefficient (Wildman–Crippen LogP) is 3.88. The fraction of sp³-hybridized carbons (Fsp3) is 0.424. The van der Waals surface area contributed by atoms with E-state index in [1.807, 2.05) is 32.0 Å². The summed E-state index contributed by atoms with van der Waals surface area (Å²) in [5.41, 5.74) is 0.910. The molecular formula is C33H38F2N4O6. The number of nitrogens with zero attached hydrogens (tertiary/aromatic N) is 2. The van der Waals surface area contributed by atoms with E-state index < -0.39 is 46.5 Å². The van der Waals surface area contributed by atoms with Crippen molar-refractivity contribution < 1.29 is 32.6 Å². The van der Waals surface area contributed by atoms with Crippen LogP contribution in [-0.2, 0) is 27.9 Å². The van der Waals surface area contributed by atoms with Crippen LogP contribution >= 0.6 is 0 Å². The van der Waals surface area contributed by atoms with Crippen molar-refractivity contribution in [3.63, 3.8) is 0 Å². The van der Waals surface area contributed by atoms with Crippen molar-refractivity contribution >= 4 is 17.6 Å². The molecule has 1 aliphatic carbocycles. The molecule has 1 aliphatic heterocycles. The maximum atomic E-state index is 15.4. The van der Waals surface area contributed by atoms with Gasteiger partial charge in [0.1, 0.15) is 34.9 Å². The molecule has 5 rings (SSSR count). The van der Waals surface area contributed by atoms with Gasteiger partial charge in [-0.1, -0.05) is 19.9 Å². The number of halogens is 2. The Hall–Kier alpha value is -4.45. The van der Waals surface area contributed by atoms with E-state index in [1.54, 1.807) is 19.4 Å². The standard InChI is InChI=1S/C33H38F2N4O6/c1-33(2)23-10-9-20(44-4)15-19(23)8-11-27(33)36-32(42)37-29-22(28-24(34)16-21(45-5)17-25(28)35)18-39(31(29)41)26-7-6-12-38(30(26)40)13-14-43-3/h6-7,9-10,12,15-17,22,27,29H,8,11,13-14,18H2,1-5H3,(H2,36,37,42)/t22-,27?,29-/m0/s1. The third-order valence-corrected chi connectivity index (χ3v) is 8.97. The van der Waals surface area contributed by atoms with Gasteiger partial charge in [0.25, 0.3) is 11.5 Å². The van der Waals surface area contributed by atoms with Crippen LogP contribution in [0.3, 0.4) is 0 Å². The van der Waals surface area contributed by atoms with E-state index in [1.165, 1.54) is 29.8 Å². The highest BCUT2D eigenvalue weighted by atomic mass is 19.1. The highest BCUT2D eigenvalue weighted by Gasteiger charge is 2.46. The lowest BCUT2D eigenvalue weighted by molar-refractivity contribution is -0.118. The van der Waals surface area contributed by atoms with Crippen molar-refractivity contribution in [1.82, 2.24) is 15.2 Å². The van der Waals surface area contributed by atoms with Gasteiger partial charge in [-0.3, -0.25) is 9.59 Å². The van der Waals surface area contributed by atoms with Gasteiger partial charge >= 0.3 is 6.03 Å². The number of aromatic nitrogens is 1. The zero-order valence-electron chi connectivity index (χ0n) is 26.0. The number of nitrogens with one attached hydrogen (secondary N) is 2. The first kappa shape index (κ1) is 32.0. The summed E-state index contributed by atoms with van der Waals surface area (Å²) in [4.78, 5) is 42.0. The van der Waals surface area contributed by atoms with Crippen LogP contribution in [-0.4, -0.2) is 63.1 Å². The van der Waals surface area contributed by atoms with Gasteiger partial charge in [-0.05, 0) is 48.2 Å². The summed E-state index contributed by atoms with van der Waals surface area (Å²) in [6, 6.07) is 8.67. The quantitative estimate of drug-likeness (QED) is 0.374. The van der Waals surface area contributed by atoms with Crippen LogP contribution in [0.15, 0.2) is 53.5 Å². The number of ether oxygens (including phenoxy) is 3. The molecule has 3 aromatic rings. The minimum Gasteiger partial charge on any atom is -0.497 e. The molecule has 3 amide bonds. The number of anilines is 1. The van der Waals surface area contributed by atoms with E-state index in [-0.39, 0.29) is 42.7 Å². The number of carbonyl (C=O) groups is 2. The molecule has 3 atom stereocenters. The zero-order chi connectivity index (χ0) is 32.5. The van der Waals surface area contributed by atoms with Gasteiger partial charge in [-0.25, -0.2) is 13.6 Å². The molecule has 12 heteroatoms. The molecule has 0 bridgehead atoms. The number of hydrogen-bond donors (Lipinski definition) is 2. The van der Waals surface area contributed by atoms with Crippen LogP contribution in [0.25, 0.3) is 0 Å². The number of rotatable bonds is 9. The molecule has 2 heterocycles. The highest BCUT2D eigenvalue weighted by Crippen LogP contribution is 2.39. The number of carbonyl (C=O) groups excluding carboxylic acids is 2. The number of aryl methyl sites for hydroxylation is 1. The molecule has 10 nitrogen and oxygen atoms in total. The highest BCUT2D eigenvalue weighted by molar-refractivity contribution is 6.02. The zero-order valence-corrected chi connectivity index (χ0v) is 26.0. The Labute approximate surface area is 260 Å². The topological polar surface area (TPSA) is 111 Å². The molecule has 2 aliphatic rings. The molecule has 0 saturated carbocycles. The van der Waals surface area contributed by atoms with Gasteiger partial charge in [-0.2, -0.15) is 0 Å². The number of fused-ring (bicyclic) bond motifs is 1. The molecule has 45 heavy (non-hydrogen) atoms. The molecule has 2 N–H and O–H groups in total. The van der Waals surface area contributed by atoms with Crippen molar-refractivity contribution in [2.75, 3.05) is 39.4 Å². The smallest absolute Gasteiger partial charge is 0.315 e. The second kappa shape index (κ2) is 12.9. The Morgan fingerprint density at radius 2 is 1.71 bits per heavy atom. The lowest BCUT2D eigenvalue weighted by Crippen LogP contribution is -2.56. The van der Waals surface area contributed by atoms with Crippen LogP contribution < -0.4 is 30.6 Å². The number of methoxy groups -OCH3 is 3. The lowest BCUT2D eigenvalue weighted by atomic mass is 9.69. The summed E-state index contributed by atoms with van der Waals surface area (Å²) in [5, 5.41) is 5.71. The molecule has 1 fully saturated rings. The van der Waals surface area contributed by atoms with Crippen molar-refractivity contribution in [3.05, 3.63) is 87.3 Å². The summed E-state index contributed by atoms with van der Waals surface area (Å²) in [5.74, 6) is -2.93. The van der Waals surface area contributed by atoms with Gasteiger partial charge < -0.3 is 34.3 Å². The fourth-order valence-electron chi connectivity index (χ4n) is 6.47. The summed E-state index contributed by atoms with van der Waals surface area (Å²) in [7, 11) is 4.41. The van der Waals surface area contributed by atoms with E-state index in [9.17, 15) is 14.4 Å². The average molecular weight is 625 g/mol. The van der Waals surface area contributed by atoms with E-state index in [0.29, 0.717) is 12.8 Å². The minimum absolute atomic E-state index is 0.0290. The van der Waals surface area contributed by atoms with Crippen LogP contribution in [0.4, 0.5) is 19.3 Å². The largest absolute Gasteiger partial charge is 0.497 e. The molecule has 0 spiro atoms. The Bertz CT molecular complexity index is 1640. The first-order valence-electron chi connectivity index (χ1n) is 14.8. The summed E-state index contributed by atoms with van der Waals surface area (Å²) in [6.45, 7) is 4.33. The molecule has 1 unspecified atom stereocenters. The number of pyridine rings is 1. The molecule has 2 aromatic carbocycles.